The quantitative estimate of drug-likeness (QED) is 0.794. The Morgan fingerprint density at radius 3 is 2.75 bits per heavy atom. The maximum Gasteiger partial charge on any atom is 0.261 e. The van der Waals surface area contributed by atoms with E-state index in [0.29, 0.717) is 6.42 Å². The summed E-state index contributed by atoms with van der Waals surface area (Å²) < 4.78 is 27.4. The van der Waals surface area contributed by atoms with Crippen LogP contribution >= 0.6 is 11.6 Å². The van der Waals surface area contributed by atoms with Crippen molar-refractivity contribution < 1.29 is 13.5 Å². The van der Waals surface area contributed by atoms with E-state index in [1.807, 2.05) is 0 Å². The summed E-state index contributed by atoms with van der Waals surface area (Å²) in [5.41, 5.74) is 0. The van der Waals surface area contributed by atoms with Crippen molar-refractivity contribution in [3.63, 3.8) is 0 Å². The largest absolute Gasteiger partial charge is 0.396 e. The molecule has 0 spiro atoms. The number of aryl methyl sites for hydroxylation is 1. The third-order valence-corrected chi connectivity index (χ3v) is 4.09. The van der Waals surface area contributed by atoms with Gasteiger partial charge in [0.2, 0.25) is 5.03 Å². The van der Waals surface area contributed by atoms with E-state index in [1.165, 1.54) is 10.9 Å². The Balaban J connectivity index is 2.90. The normalized spacial score (nSPS) is 14.0. The van der Waals surface area contributed by atoms with E-state index in [9.17, 15) is 8.42 Å². The van der Waals surface area contributed by atoms with Crippen LogP contribution in [0.2, 0.25) is 5.15 Å². The SMILES string of the molecule is CC(CCO)NS(=O)(=O)c1ncn(C)c1Cl. The molecule has 0 radical (unpaired) electrons. The van der Waals surface area contributed by atoms with Crippen molar-refractivity contribution in [1.82, 2.24) is 14.3 Å². The number of aliphatic hydroxyl groups is 1. The summed E-state index contributed by atoms with van der Waals surface area (Å²) in [7, 11) is -2.11. The zero-order valence-corrected chi connectivity index (χ0v) is 10.6. The zero-order valence-electron chi connectivity index (χ0n) is 9.01. The van der Waals surface area contributed by atoms with Gasteiger partial charge in [0.15, 0.2) is 0 Å². The predicted octanol–water partition coefficient (Wildman–Crippen LogP) is 0.123. The van der Waals surface area contributed by atoms with Gasteiger partial charge in [0, 0.05) is 19.7 Å². The van der Waals surface area contributed by atoms with Crippen molar-refractivity contribution in [1.29, 1.82) is 0 Å². The first-order chi connectivity index (χ1) is 7.38. The van der Waals surface area contributed by atoms with Crippen LogP contribution in [0.4, 0.5) is 0 Å². The number of halogens is 1. The van der Waals surface area contributed by atoms with Crippen LogP contribution < -0.4 is 4.72 Å². The van der Waals surface area contributed by atoms with Crippen LogP contribution in [-0.4, -0.2) is 35.7 Å². The Morgan fingerprint density at radius 2 is 2.31 bits per heavy atom. The average molecular weight is 268 g/mol. The maximum atomic E-state index is 11.8. The number of imidazole rings is 1. The van der Waals surface area contributed by atoms with Crippen molar-refractivity contribution in [2.24, 2.45) is 7.05 Å². The van der Waals surface area contributed by atoms with Gasteiger partial charge in [-0.15, -0.1) is 0 Å². The van der Waals surface area contributed by atoms with Gasteiger partial charge >= 0.3 is 0 Å². The first-order valence-electron chi connectivity index (χ1n) is 4.68. The van der Waals surface area contributed by atoms with Gasteiger partial charge in [-0.25, -0.2) is 18.1 Å². The van der Waals surface area contributed by atoms with E-state index in [4.69, 9.17) is 16.7 Å². The van der Waals surface area contributed by atoms with Gasteiger partial charge in [-0.05, 0) is 13.3 Å². The third kappa shape index (κ3) is 2.94. The zero-order chi connectivity index (χ0) is 12.3. The lowest BCUT2D eigenvalue weighted by molar-refractivity contribution is 0.275. The minimum Gasteiger partial charge on any atom is -0.396 e. The Labute approximate surface area is 99.3 Å². The molecule has 0 aromatic carbocycles. The Kier molecular flexibility index (Phi) is 4.31. The molecule has 6 nitrogen and oxygen atoms in total. The van der Waals surface area contributed by atoms with Crippen LogP contribution in [0.3, 0.4) is 0 Å². The maximum absolute atomic E-state index is 11.8. The lowest BCUT2D eigenvalue weighted by Crippen LogP contribution is -2.33. The van der Waals surface area contributed by atoms with Crippen LogP contribution in [0.15, 0.2) is 11.4 Å². The monoisotopic (exact) mass is 267 g/mol. The molecule has 1 atom stereocenters. The highest BCUT2D eigenvalue weighted by Crippen LogP contribution is 2.18. The van der Waals surface area contributed by atoms with Gasteiger partial charge in [0.05, 0.1) is 6.33 Å². The number of nitrogens with one attached hydrogen (secondary N) is 1. The minimum absolute atomic E-state index is 0.0590. The number of nitrogens with zero attached hydrogens (tertiary/aromatic N) is 2. The van der Waals surface area contributed by atoms with E-state index in [2.05, 4.69) is 9.71 Å². The molecular weight excluding hydrogens is 254 g/mol. The van der Waals surface area contributed by atoms with Gasteiger partial charge in [0.25, 0.3) is 10.0 Å². The predicted molar refractivity (Wildman–Crippen MR) is 59.7 cm³/mol. The Bertz CT molecular complexity index is 457. The molecule has 16 heavy (non-hydrogen) atoms. The molecule has 0 aliphatic carbocycles. The molecule has 1 aromatic heterocycles. The summed E-state index contributed by atoms with van der Waals surface area (Å²) in [6.07, 6.45) is 1.66. The second-order valence-corrected chi connectivity index (χ2v) is 5.47. The van der Waals surface area contributed by atoms with Crippen molar-refractivity contribution in [3.05, 3.63) is 11.5 Å². The fraction of sp³-hybridized carbons (Fsp3) is 0.625. The Hall–Kier alpha value is -0.630. The highest BCUT2D eigenvalue weighted by Gasteiger charge is 2.23. The molecule has 0 bridgehead atoms. The number of rotatable bonds is 5. The Morgan fingerprint density at radius 1 is 1.69 bits per heavy atom. The van der Waals surface area contributed by atoms with Gasteiger partial charge in [0.1, 0.15) is 5.15 Å². The first kappa shape index (κ1) is 13.4. The highest BCUT2D eigenvalue weighted by atomic mass is 35.5. The third-order valence-electron chi connectivity index (χ3n) is 2.01. The number of hydrogen-bond acceptors (Lipinski definition) is 4. The van der Waals surface area contributed by atoms with Gasteiger partial charge in [-0.2, -0.15) is 0 Å². The van der Waals surface area contributed by atoms with Crippen LogP contribution in [0.5, 0.6) is 0 Å². The molecule has 0 aliphatic heterocycles. The van der Waals surface area contributed by atoms with Crippen LogP contribution in [0, 0.1) is 0 Å². The van der Waals surface area contributed by atoms with E-state index >= 15 is 0 Å². The van der Waals surface area contributed by atoms with Crippen LogP contribution in [0.1, 0.15) is 13.3 Å². The minimum atomic E-state index is -3.72. The van der Waals surface area contributed by atoms with E-state index in [-0.39, 0.29) is 22.8 Å². The van der Waals surface area contributed by atoms with Crippen molar-refractivity contribution in [3.8, 4) is 0 Å². The molecule has 2 N–H and O–H groups in total. The summed E-state index contributed by atoms with van der Waals surface area (Å²) in [5, 5.41) is 8.55. The average Bonchev–Trinajstić information content (AvgIpc) is 2.47. The number of aromatic nitrogens is 2. The summed E-state index contributed by atoms with van der Waals surface area (Å²) in [6.45, 7) is 1.57. The van der Waals surface area contributed by atoms with E-state index < -0.39 is 10.0 Å². The molecule has 0 aliphatic rings. The fourth-order valence-electron chi connectivity index (χ4n) is 1.15. The lowest BCUT2D eigenvalue weighted by Gasteiger charge is -2.11. The molecule has 0 amide bonds. The molecule has 0 fully saturated rings. The summed E-state index contributed by atoms with van der Waals surface area (Å²) in [4.78, 5) is 3.72. The van der Waals surface area contributed by atoms with Crippen LogP contribution in [0.25, 0.3) is 0 Å². The van der Waals surface area contributed by atoms with E-state index in [1.54, 1.807) is 14.0 Å². The second-order valence-electron chi connectivity index (χ2n) is 3.49. The number of hydrogen-bond donors (Lipinski definition) is 2. The standard InChI is InChI=1S/C8H14ClN3O3S/c1-6(3-4-13)11-16(14,15)8-7(9)12(2)5-10-8/h5-6,11,13H,3-4H2,1-2H3. The molecular formula is C8H14ClN3O3S. The molecule has 1 unspecified atom stereocenters. The fourth-order valence-corrected chi connectivity index (χ4v) is 2.86. The molecule has 92 valence electrons. The topological polar surface area (TPSA) is 84.2 Å². The number of aliphatic hydroxyl groups excluding tert-OH is 1. The molecule has 1 rings (SSSR count). The molecule has 8 heteroatoms. The molecule has 1 heterocycles. The smallest absolute Gasteiger partial charge is 0.261 e. The van der Waals surface area contributed by atoms with Gasteiger partial charge in [-0.1, -0.05) is 11.6 Å². The summed E-state index contributed by atoms with van der Waals surface area (Å²) >= 11 is 5.79. The van der Waals surface area contributed by atoms with Crippen molar-refractivity contribution >= 4 is 21.6 Å². The second kappa shape index (κ2) is 5.13. The summed E-state index contributed by atoms with van der Waals surface area (Å²) in [5.74, 6) is 0. The molecule has 1 aromatic rings. The lowest BCUT2D eigenvalue weighted by atomic mass is 10.3. The van der Waals surface area contributed by atoms with E-state index in [0.717, 1.165) is 0 Å². The van der Waals surface area contributed by atoms with Crippen LogP contribution in [-0.2, 0) is 17.1 Å². The van der Waals surface area contributed by atoms with Gasteiger partial charge in [-0.3, -0.25) is 0 Å². The summed E-state index contributed by atoms with van der Waals surface area (Å²) in [6, 6.07) is -0.368. The highest BCUT2D eigenvalue weighted by molar-refractivity contribution is 7.89. The van der Waals surface area contributed by atoms with Crippen molar-refractivity contribution in [2.75, 3.05) is 6.61 Å². The first-order valence-corrected chi connectivity index (χ1v) is 6.54. The van der Waals surface area contributed by atoms with Gasteiger partial charge < -0.3 is 9.67 Å². The molecule has 0 saturated carbocycles. The molecule has 0 saturated heterocycles. The number of sulfonamides is 1. The van der Waals surface area contributed by atoms with Crippen molar-refractivity contribution in [2.45, 2.75) is 24.4 Å².